The van der Waals surface area contributed by atoms with Gasteiger partial charge in [-0.1, -0.05) is 24.3 Å². The van der Waals surface area contributed by atoms with Crippen molar-refractivity contribution in [2.45, 2.75) is 43.9 Å². The fraction of sp³-hybridized carbons (Fsp3) is 0.481. The van der Waals surface area contributed by atoms with Crippen LogP contribution in [-0.2, 0) is 24.7 Å². The van der Waals surface area contributed by atoms with E-state index in [2.05, 4.69) is 52.3 Å². The monoisotopic (exact) mass is 398 g/mol. The van der Waals surface area contributed by atoms with Gasteiger partial charge in [0, 0.05) is 40.5 Å². The van der Waals surface area contributed by atoms with Gasteiger partial charge < -0.3 is 14.6 Å². The predicted octanol–water partition coefficient (Wildman–Crippen LogP) is 4.87. The second kappa shape index (κ2) is 5.91. The lowest BCUT2D eigenvalue weighted by Gasteiger charge is -2.56. The summed E-state index contributed by atoms with van der Waals surface area (Å²) in [5, 5.41) is 1.45. The molecule has 4 aliphatic rings. The van der Waals surface area contributed by atoms with Gasteiger partial charge in [0.2, 0.25) is 0 Å². The van der Waals surface area contributed by atoms with E-state index in [-0.39, 0.29) is 5.41 Å². The molecule has 0 spiro atoms. The van der Waals surface area contributed by atoms with Crippen molar-refractivity contribution in [2.24, 2.45) is 11.3 Å². The molecule has 154 valence electrons. The quantitative estimate of drug-likeness (QED) is 0.682. The molecule has 3 heteroatoms. The number of aromatic amines is 1. The van der Waals surface area contributed by atoms with Crippen molar-refractivity contribution in [1.29, 1.82) is 0 Å². The number of rotatable bonds is 3. The van der Waals surface area contributed by atoms with Crippen LogP contribution < -0.4 is 4.74 Å². The first-order chi connectivity index (χ1) is 14.7. The summed E-state index contributed by atoms with van der Waals surface area (Å²) in [5.41, 5.74) is 8.09. The highest BCUT2D eigenvalue weighted by Crippen LogP contribution is 2.62. The van der Waals surface area contributed by atoms with Gasteiger partial charge in [-0.05, 0) is 85.9 Å². The molecule has 2 fully saturated rings. The molecular weight excluding hydrogens is 368 g/mol. The fourth-order valence-electron chi connectivity index (χ4n) is 7.29. The first kappa shape index (κ1) is 17.4. The minimum atomic E-state index is 0.241. The van der Waals surface area contributed by atoms with Gasteiger partial charge in [-0.2, -0.15) is 0 Å². The van der Waals surface area contributed by atoms with E-state index in [0.29, 0.717) is 5.41 Å². The van der Waals surface area contributed by atoms with Crippen molar-refractivity contribution in [3.63, 3.8) is 0 Å². The number of benzene rings is 2. The van der Waals surface area contributed by atoms with E-state index in [1.165, 1.54) is 68.3 Å². The molecule has 1 saturated carbocycles. The average Bonchev–Trinajstić information content (AvgIpc) is 3.44. The molecule has 3 aromatic rings. The summed E-state index contributed by atoms with van der Waals surface area (Å²) in [7, 11) is 1.80. The Bertz CT molecular complexity index is 1160. The van der Waals surface area contributed by atoms with Crippen molar-refractivity contribution in [2.75, 3.05) is 26.7 Å². The molecule has 0 amide bonds. The van der Waals surface area contributed by atoms with Crippen LogP contribution in [0.2, 0.25) is 0 Å². The number of nitrogens with one attached hydrogen (secondary N) is 1. The molecule has 2 aromatic carbocycles. The van der Waals surface area contributed by atoms with Gasteiger partial charge in [-0.15, -0.1) is 0 Å². The third kappa shape index (κ3) is 2.25. The molecule has 1 N–H and O–H groups in total. The summed E-state index contributed by atoms with van der Waals surface area (Å²) >= 11 is 0. The van der Waals surface area contributed by atoms with Gasteiger partial charge in [0.25, 0.3) is 0 Å². The van der Waals surface area contributed by atoms with E-state index in [1.54, 1.807) is 23.8 Å². The molecule has 0 radical (unpaired) electrons. The largest absolute Gasteiger partial charge is 0.497 e. The summed E-state index contributed by atoms with van der Waals surface area (Å²) in [6.07, 6.45) is 7.72. The molecule has 3 nitrogen and oxygen atoms in total. The SMILES string of the molecule is COc1ccc2c(c1)[C@]13CCN(CC4CC4)C[C@@]1(C2)Cc1c([nH]c2ccccc12)C3. The lowest BCUT2D eigenvalue weighted by Crippen LogP contribution is -2.60. The van der Waals surface area contributed by atoms with Crippen LogP contribution in [0.4, 0.5) is 0 Å². The number of nitrogens with zero attached hydrogens (tertiary/aromatic N) is 1. The molecule has 2 heterocycles. The Kier molecular flexibility index (Phi) is 3.43. The van der Waals surface area contributed by atoms with E-state index in [9.17, 15) is 0 Å². The topological polar surface area (TPSA) is 28.3 Å². The van der Waals surface area contributed by atoms with E-state index in [0.717, 1.165) is 18.1 Å². The molecule has 30 heavy (non-hydrogen) atoms. The first-order valence-electron chi connectivity index (χ1n) is 11.7. The normalized spacial score (nSPS) is 29.9. The first-order valence-corrected chi connectivity index (χ1v) is 11.7. The highest BCUT2D eigenvalue weighted by molar-refractivity contribution is 5.85. The maximum atomic E-state index is 5.67. The molecule has 1 aromatic heterocycles. The number of methoxy groups -OCH3 is 1. The Morgan fingerprint density at radius 3 is 2.87 bits per heavy atom. The van der Waals surface area contributed by atoms with Gasteiger partial charge in [0.15, 0.2) is 0 Å². The lowest BCUT2D eigenvalue weighted by atomic mass is 9.52. The fourth-order valence-corrected chi connectivity index (χ4v) is 7.29. The molecule has 1 aliphatic heterocycles. The third-order valence-electron chi connectivity index (χ3n) is 8.87. The van der Waals surface area contributed by atoms with Crippen LogP contribution in [0.3, 0.4) is 0 Å². The van der Waals surface area contributed by atoms with E-state index < -0.39 is 0 Å². The van der Waals surface area contributed by atoms with Crippen molar-refractivity contribution in [3.8, 4) is 5.75 Å². The van der Waals surface area contributed by atoms with Crippen molar-refractivity contribution >= 4 is 10.9 Å². The minimum absolute atomic E-state index is 0.241. The third-order valence-corrected chi connectivity index (χ3v) is 8.87. The zero-order valence-corrected chi connectivity index (χ0v) is 17.8. The molecule has 3 aliphatic carbocycles. The number of likely N-dealkylation sites (tertiary alicyclic amines) is 1. The molecule has 0 unspecified atom stereocenters. The standard InChI is InChI=1S/C27H30N2O/c1-30-20-9-8-19-13-26-14-22-21-4-2-3-5-24(21)28-25(22)15-27(26,23(19)12-20)10-11-29(17-26)16-18-6-7-18/h2-5,8-9,12,18,28H,6-7,10-11,13-17H2,1H3/t26-,27-/m1/s1. The maximum absolute atomic E-state index is 5.67. The zero-order chi connectivity index (χ0) is 19.9. The molecule has 1 saturated heterocycles. The molecular formula is C27H30N2O. The van der Waals surface area contributed by atoms with Gasteiger partial charge >= 0.3 is 0 Å². The van der Waals surface area contributed by atoms with Gasteiger partial charge in [-0.25, -0.2) is 0 Å². The number of H-pyrrole nitrogens is 1. The summed E-state index contributed by atoms with van der Waals surface area (Å²) in [4.78, 5) is 6.64. The highest BCUT2D eigenvalue weighted by atomic mass is 16.5. The summed E-state index contributed by atoms with van der Waals surface area (Å²) < 4.78 is 5.67. The van der Waals surface area contributed by atoms with Crippen LogP contribution in [0.25, 0.3) is 10.9 Å². The second-order valence-corrected chi connectivity index (χ2v) is 10.5. The Balaban J connectivity index is 1.40. The van der Waals surface area contributed by atoms with Gasteiger partial charge in [-0.3, -0.25) is 0 Å². The maximum Gasteiger partial charge on any atom is 0.119 e. The number of hydrogen-bond donors (Lipinski definition) is 1. The van der Waals surface area contributed by atoms with Crippen molar-refractivity contribution in [1.82, 2.24) is 9.88 Å². The smallest absolute Gasteiger partial charge is 0.119 e. The number of piperidine rings is 1. The number of ether oxygens (including phenoxy) is 1. The van der Waals surface area contributed by atoms with Crippen LogP contribution in [-0.4, -0.2) is 36.6 Å². The van der Waals surface area contributed by atoms with Gasteiger partial charge in [0.1, 0.15) is 5.75 Å². The number of fused-ring (bicyclic) bond motifs is 4. The van der Waals surface area contributed by atoms with Crippen LogP contribution in [0.1, 0.15) is 41.6 Å². The van der Waals surface area contributed by atoms with E-state index in [4.69, 9.17) is 4.74 Å². The number of hydrogen-bond acceptors (Lipinski definition) is 2. The summed E-state index contributed by atoms with van der Waals surface area (Å²) in [6.45, 7) is 3.81. The average molecular weight is 399 g/mol. The zero-order valence-electron chi connectivity index (χ0n) is 17.8. The Labute approximate surface area is 178 Å². The van der Waals surface area contributed by atoms with Crippen LogP contribution in [0.15, 0.2) is 42.5 Å². The van der Waals surface area contributed by atoms with Crippen molar-refractivity contribution in [3.05, 3.63) is 64.8 Å². The number of para-hydroxylation sites is 1. The van der Waals surface area contributed by atoms with Crippen LogP contribution >= 0.6 is 0 Å². The van der Waals surface area contributed by atoms with E-state index >= 15 is 0 Å². The van der Waals surface area contributed by atoms with Gasteiger partial charge in [0.05, 0.1) is 7.11 Å². The Hall–Kier alpha value is -2.26. The summed E-state index contributed by atoms with van der Waals surface area (Å²) in [6, 6.07) is 15.8. The molecule has 0 bridgehead atoms. The molecule has 2 atom stereocenters. The van der Waals surface area contributed by atoms with Crippen LogP contribution in [0.5, 0.6) is 5.75 Å². The predicted molar refractivity (Wildman–Crippen MR) is 120 cm³/mol. The highest BCUT2D eigenvalue weighted by Gasteiger charge is 2.62. The van der Waals surface area contributed by atoms with Crippen molar-refractivity contribution < 1.29 is 4.74 Å². The van der Waals surface area contributed by atoms with Crippen LogP contribution in [0, 0.1) is 11.3 Å². The Morgan fingerprint density at radius 2 is 2.00 bits per heavy atom. The summed E-state index contributed by atoms with van der Waals surface area (Å²) in [5.74, 6) is 1.98. The second-order valence-electron chi connectivity index (χ2n) is 10.5. The molecule has 7 rings (SSSR count). The van der Waals surface area contributed by atoms with E-state index in [1.807, 2.05) is 0 Å². The lowest BCUT2D eigenvalue weighted by molar-refractivity contribution is 0.00191. The minimum Gasteiger partial charge on any atom is -0.497 e. The Morgan fingerprint density at radius 1 is 1.10 bits per heavy atom. The number of aromatic nitrogens is 1.